The lowest BCUT2D eigenvalue weighted by Crippen LogP contribution is -2.12. The van der Waals surface area contributed by atoms with Gasteiger partial charge >= 0.3 is 13.6 Å². The van der Waals surface area contributed by atoms with Crippen LogP contribution in [0.25, 0.3) is 0 Å². The van der Waals surface area contributed by atoms with E-state index in [1.807, 2.05) is 0 Å². The van der Waals surface area contributed by atoms with Crippen molar-refractivity contribution in [2.24, 2.45) is 0 Å². The van der Waals surface area contributed by atoms with Crippen molar-refractivity contribution in [1.29, 1.82) is 0 Å². The molecular weight excluding hydrogens is 231 g/mol. The maximum Gasteiger partial charge on any atom is 0.442 e. The van der Waals surface area contributed by atoms with Crippen molar-refractivity contribution >= 4 is 13.6 Å². The van der Waals surface area contributed by atoms with Crippen LogP contribution in [0, 0.1) is 0 Å². The van der Waals surface area contributed by atoms with Crippen molar-refractivity contribution in [3.05, 3.63) is 24.3 Å². The summed E-state index contributed by atoms with van der Waals surface area (Å²) in [6.45, 7) is 1.92. The summed E-state index contributed by atoms with van der Waals surface area (Å²) >= 11 is 0. The lowest BCUT2D eigenvalue weighted by atomic mass is 10.3. The molecule has 0 saturated carbocycles. The largest absolute Gasteiger partial charge is 0.465 e. The van der Waals surface area contributed by atoms with Crippen LogP contribution in [0.1, 0.15) is 6.92 Å². The fraction of sp³-hybridized carbons (Fsp3) is 0.300. The highest BCUT2D eigenvalue weighted by Crippen LogP contribution is 2.57. The van der Waals surface area contributed by atoms with Gasteiger partial charge < -0.3 is 13.8 Å². The number of ether oxygens (including phenoxy) is 1. The van der Waals surface area contributed by atoms with Crippen LogP contribution >= 0.6 is 7.60 Å². The zero-order valence-electron chi connectivity index (χ0n) is 8.71. The van der Waals surface area contributed by atoms with Crippen LogP contribution < -0.4 is 9.05 Å². The zero-order valence-corrected chi connectivity index (χ0v) is 9.61. The van der Waals surface area contributed by atoms with Gasteiger partial charge in [0.15, 0.2) is 17.7 Å². The topological polar surface area (TPSA) is 61.8 Å². The zero-order chi connectivity index (χ0) is 11.6. The summed E-state index contributed by atoms with van der Waals surface area (Å²) in [6, 6.07) is 6.75. The van der Waals surface area contributed by atoms with Crippen molar-refractivity contribution in [1.82, 2.24) is 0 Å². The minimum atomic E-state index is -3.41. The summed E-state index contributed by atoms with van der Waals surface area (Å²) in [4.78, 5) is 11.2. The molecule has 0 aliphatic carbocycles. The number of benzene rings is 1. The highest BCUT2D eigenvalue weighted by Gasteiger charge is 2.39. The quantitative estimate of drug-likeness (QED) is 0.600. The van der Waals surface area contributed by atoms with E-state index in [2.05, 4.69) is 0 Å². The second kappa shape index (κ2) is 4.18. The van der Waals surface area contributed by atoms with Crippen molar-refractivity contribution in [2.45, 2.75) is 6.92 Å². The van der Waals surface area contributed by atoms with Crippen LogP contribution in [0.5, 0.6) is 11.5 Å². The van der Waals surface area contributed by atoms with Gasteiger partial charge in [-0.25, -0.2) is 4.57 Å². The van der Waals surface area contributed by atoms with Gasteiger partial charge in [-0.3, -0.25) is 4.79 Å². The number of para-hydroxylation sites is 2. The molecule has 0 radical (unpaired) electrons. The number of carbonyl (C=O) groups excluding carboxylic acids is 1. The molecule has 0 N–H and O–H groups in total. The van der Waals surface area contributed by atoms with E-state index in [-0.39, 0.29) is 12.8 Å². The van der Waals surface area contributed by atoms with Crippen molar-refractivity contribution in [2.75, 3.05) is 12.8 Å². The van der Waals surface area contributed by atoms with Gasteiger partial charge in [0, 0.05) is 0 Å². The Bertz CT molecular complexity index is 427. The van der Waals surface area contributed by atoms with Gasteiger partial charge in [0.25, 0.3) is 0 Å². The summed E-state index contributed by atoms with van der Waals surface area (Å²) in [7, 11) is -3.41. The van der Waals surface area contributed by atoms with E-state index in [0.29, 0.717) is 11.5 Å². The summed E-state index contributed by atoms with van der Waals surface area (Å²) in [5, 5.41) is 0. The predicted octanol–water partition coefficient (Wildman–Crippen LogP) is 2.21. The number of carbonyl (C=O) groups is 1. The first kappa shape index (κ1) is 11.0. The Morgan fingerprint density at radius 3 is 2.38 bits per heavy atom. The molecule has 6 heteroatoms. The highest BCUT2D eigenvalue weighted by atomic mass is 31.2. The second-order valence-corrected chi connectivity index (χ2v) is 5.11. The predicted molar refractivity (Wildman–Crippen MR) is 56.8 cm³/mol. The standard InChI is InChI=1S/C10H11O5P/c1-2-13-10(11)7-16(12)14-8-5-3-4-6-9(8)15-16/h3-6H,2,7H2,1H3. The second-order valence-electron chi connectivity index (χ2n) is 3.20. The van der Waals surface area contributed by atoms with E-state index in [9.17, 15) is 9.36 Å². The maximum atomic E-state index is 12.0. The lowest BCUT2D eigenvalue weighted by Gasteiger charge is -2.08. The fourth-order valence-corrected chi connectivity index (χ4v) is 2.82. The van der Waals surface area contributed by atoms with Gasteiger partial charge in [0.05, 0.1) is 6.61 Å². The molecule has 1 aromatic rings. The summed E-state index contributed by atoms with van der Waals surface area (Å²) in [5.74, 6) is 0.212. The molecule has 1 aliphatic heterocycles. The molecule has 5 nitrogen and oxygen atoms in total. The average molecular weight is 242 g/mol. The van der Waals surface area contributed by atoms with Gasteiger partial charge in [0.1, 0.15) is 0 Å². The van der Waals surface area contributed by atoms with Gasteiger partial charge in [-0.2, -0.15) is 0 Å². The monoisotopic (exact) mass is 242 g/mol. The van der Waals surface area contributed by atoms with Crippen LogP contribution in [0.2, 0.25) is 0 Å². The summed E-state index contributed by atoms with van der Waals surface area (Å²) in [6.07, 6.45) is -0.366. The number of hydrogen-bond donors (Lipinski definition) is 0. The Morgan fingerprint density at radius 2 is 1.88 bits per heavy atom. The van der Waals surface area contributed by atoms with E-state index in [0.717, 1.165) is 0 Å². The van der Waals surface area contributed by atoms with Gasteiger partial charge in [-0.05, 0) is 19.1 Å². The Kier molecular flexibility index (Phi) is 2.88. The third-order valence-corrected chi connectivity index (χ3v) is 3.55. The molecule has 0 spiro atoms. The maximum absolute atomic E-state index is 12.0. The first-order valence-electron chi connectivity index (χ1n) is 4.86. The average Bonchev–Trinajstić information content (AvgIpc) is 2.53. The smallest absolute Gasteiger partial charge is 0.442 e. The Balaban J connectivity index is 2.09. The number of fused-ring (bicyclic) bond motifs is 1. The van der Waals surface area contributed by atoms with Crippen molar-refractivity contribution < 1.29 is 23.1 Å². The molecule has 1 heterocycles. The van der Waals surface area contributed by atoms with Gasteiger partial charge in [-0.15, -0.1) is 0 Å². The molecule has 0 unspecified atom stereocenters. The summed E-state index contributed by atoms with van der Waals surface area (Å²) < 4.78 is 27.0. The Hall–Kier alpha value is -1.48. The third-order valence-electron chi connectivity index (χ3n) is 1.95. The third kappa shape index (κ3) is 2.19. The molecule has 0 atom stereocenters. The molecule has 2 rings (SSSR count). The lowest BCUT2D eigenvalue weighted by molar-refractivity contribution is -0.140. The normalized spacial score (nSPS) is 15.8. The molecule has 86 valence electrons. The van der Waals surface area contributed by atoms with E-state index in [1.165, 1.54) is 0 Å². The van der Waals surface area contributed by atoms with Gasteiger partial charge in [-0.1, -0.05) is 12.1 Å². The molecule has 0 saturated heterocycles. The van der Waals surface area contributed by atoms with Gasteiger partial charge in [0.2, 0.25) is 0 Å². The minimum Gasteiger partial charge on any atom is -0.465 e. The van der Waals surface area contributed by atoms with E-state index in [1.54, 1.807) is 31.2 Å². The molecule has 0 aromatic heterocycles. The molecule has 1 aliphatic rings. The van der Waals surface area contributed by atoms with E-state index >= 15 is 0 Å². The first-order valence-corrected chi connectivity index (χ1v) is 6.59. The molecule has 1 aromatic carbocycles. The number of rotatable bonds is 3. The van der Waals surface area contributed by atoms with Crippen LogP contribution in [0.3, 0.4) is 0 Å². The van der Waals surface area contributed by atoms with E-state index in [4.69, 9.17) is 13.8 Å². The summed E-state index contributed by atoms with van der Waals surface area (Å²) in [5.41, 5.74) is 0. The fourth-order valence-electron chi connectivity index (χ4n) is 1.35. The van der Waals surface area contributed by atoms with Crippen molar-refractivity contribution in [3.8, 4) is 11.5 Å². The number of esters is 1. The molecule has 16 heavy (non-hydrogen) atoms. The SMILES string of the molecule is CCOC(=O)CP1(=O)Oc2ccccc2O1. The molecule has 0 amide bonds. The molecule has 0 fully saturated rings. The first-order chi connectivity index (χ1) is 7.63. The van der Waals surface area contributed by atoms with E-state index < -0.39 is 13.6 Å². The Labute approximate surface area is 92.9 Å². The van der Waals surface area contributed by atoms with Crippen LogP contribution in [0.15, 0.2) is 24.3 Å². The van der Waals surface area contributed by atoms with Crippen molar-refractivity contribution in [3.63, 3.8) is 0 Å². The Morgan fingerprint density at radius 1 is 1.31 bits per heavy atom. The highest BCUT2D eigenvalue weighted by molar-refractivity contribution is 7.56. The van der Waals surface area contributed by atoms with Crippen LogP contribution in [-0.4, -0.2) is 18.7 Å². The molecular formula is C10H11O5P. The number of hydrogen-bond acceptors (Lipinski definition) is 5. The minimum absolute atomic E-state index is 0.242. The molecule has 0 bridgehead atoms. The van der Waals surface area contributed by atoms with Crippen LogP contribution in [0.4, 0.5) is 0 Å². The van der Waals surface area contributed by atoms with Crippen LogP contribution in [-0.2, 0) is 14.1 Å².